The van der Waals surface area contributed by atoms with Crippen molar-refractivity contribution in [3.8, 4) is 0 Å². The van der Waals surface area contributed by atoms with Crippen LogP contribution >= 0.6 is 11.3 Å². The van der Waals surface area contributed by atoms with Gasteiger partial charge in [-0.2, -0.15) is 0 Å². The van der Waals surface area contributed by atoms with Crippen LogP contribution in [0.3, 0.4) is 0 Å². The smallest absolute Gasteiger partial charge is 0.188 e. The lowest BCUT2D eigenvalue weighted by Crippen LogP contribution is -2.34. The average molecular weight is 247 g/mol. The third-order valence-corrected chi connectivity index (χ3v) is 2.99. The Kier molecular flexibility index (Phi) is 4.51. The monoisotopic (exact) mass is 247 g/mol. The lowest BCUT2D eigenvalue weighted by Gasteiger charge is -2.19. The Morgan fingerprint density at radius 3 is 2.56 bits per heavy atom. The molecule has 0 unspecified atom stereocenters. The standard InChI is InChI=1S/C9H13NO5S/c1-4(12)9-10-5(3-16-9)7(14)8(15)6(13)2-11/h3,6-8,11,13-15H,2H2,1H3/t6-,7+,8-/m1/s1. The summed E-state index contributed by atoms with van der Waals surface area (Å²) >= 11 is 1.05. The van der Waals surface area contributed by atoms with Crippen molar-refractivity contribution in [2.45, 2.75) is 25.2 Å². The van der Waals surface area contributed by atoms with Crippen LogP contribution in [0.5, 0.6) is 0 Å². The number of hydrogen-bond acceptors (Lipinski definition) is 7. The van der Waals surface area contributed by atoms with Gasteiger partial charge in [0, 0.05) is 12.3 Å². The van der Waals surface area contributed by atoms with E-state index in [1.54, 1.807) is 0 Å². The van der Waals surface area contributed by atoms with Crippen LogP contribution < -0.4 is 0 Å². The lowest BCUT2D eigenvalue weighted by atomic mass is 10.1. The molecule has 0 radical (unpaired) electrons. The summed E-state index contributed by atoms with van der Waals surface area (Å²) in [6.07, 6.45) is -4.41. The van der Waals surface area contributed by atoms with Gasteiger partial charge < -0.3 is 20.4 Å². The van der Waals surface area contributed by atoms with Gasteiger partial charge in [-0.15, -0.1) is 11.3 Å². The van der Waals surface area contributed by atoms with Crippen molar-refractivity contribution < 1.29 is 25.2 Å². The predicted molar refractivity (Wildman–Crippen MR) is 56.2 cm³/mol. The minimum absolute atomic E-state index is 0.107. The largest absolute Gasteiger partial charge is 0.394 e. The second-order valence-corrected chi connectivity index (χ2v) is 4.18. The van der Waals surface area contributed by atoms with Crippen molar-refractivity contribution in [1.82, 2.24) is 4.98 Å². The van der Waals surface area contributed by atoms with Crippen LogP contribution in [0.2, 0.25) is 0 Å². The minimum Gasteiger partial charge on any atom is -0.394 e. The summed E-state index contributed by atoms with van der Waals surface area (Å²) < 4.78 is 0. The quantitative estimate of drug-likeness (QED) is 0.501. The third-order valence-electron chi connectivity index (χ3n) is 2.03. The van der Waals surface area contributed by atoms with Crippen molar-refractivity contribution >= 4 is 17.1 Å². The maximum atomic E-state index is 11.0. The first-order chi connectivity index (χ1) is 7.47. The van der Waals surface area contributed by atoms with Crippen molar-refractivity contribution in [3.63, 3.8) is 0 Å². The molecular weight excluding hydrogens is 234 g/mol. The van der Waals surface area contributed by atoms with E-state index in [9.17, 15) is 15.0 Å². The molecule has 1 heterocycles. The number of Topliss-reactive ketones (excluding diaryl/α,β-unsaturated/α-hetero) is 1. The topological polar surface area (TPSA) is 111 Å². The van der Waals surface area contributed by atoms with Gasteiger partial charge in [-0.05, 0) is 0 Å². The lowest BCUT2D eigenvalue weighted by molar-refractivity contribution is -0.0787. The molecule has 0 saturated carbocycles. The molecule has 16 heavy (non-hydrogen) atoms. The minimum atomic E-state index is -1.54. The molecule has 0 saturated heterocycles. The van der Waals surface area contributed by atoms with Gasteiger partial charge in [0.25, 0.3) is 0 Å². The van der Waals surface area contributed by atoms with E-state index in [0.29, 0.717) is 0 Å². The molecule has 1 aromatic rings. The SMILES string of the molecule is CC(=O)c1nc([C@H](O)[C@H](O)[C@H](O)CO)cs1. The second-order valence-electron chi connectivity index (χ2n) is 3.32. The maximum absolute atomic E-state index is 11.0. The van der Waals surface area contributed by atoms with Gasteiger partial charge in [0.2, 0.25) is 0 Å². The highest BCUT2D eigenvalue weighted by Gasteiger charge is 2.27. The predicted octanol–water partition coefficient (Wildman–Crippen LogP) is -0.907. The van der Waals surface area contributed by atoms with E-state index in [4.69, 9.17) is 10.2 Å². The second kappa shape index (κ2) is 5.46. The molecule has 4 N–H and O–H groups in total. The number of aliphatic hydroxyl groups excluding tert-OH is 4. The van der Waals surface area contributed by atoms with Crippen LogP contribution in [0.25, 0.3) is 0 Å². The van der Waals surface area contributed by atoms with Gasteiger partial charge in [-0.1, -0.05) is 0 Å². The van der Waals surface area contributed by atoms with Crippen LogP contribution in [0.4, 0.5) is 0 Å². The number of carbonyl (C=O) groups excluding carboxylic acids is 1. The Hall–Kier alpha value is -0.860. The summed E-state index contributed by atoms with van der Waals surface area (Å²) in [5.41, 5.74) is 0.107. The average Bonchev–Trinajstić information content (AvgIpc) is 2.75. The number of hydrogen-bond donors (Lipinski definition) is 4. The molecule has 0 spiro atoms. The number of ketones is 1. The van der Waals surface area contributed by atoms with Gasteiger partial charge in [0.15, 0.2) is 10.8 Å². The molecule has 0 aliphatic carbocycles. The first-order valence-electron chi connectivity index (χ1n) is 4.58. The fraction of sp³-hybridized carbons (Fsp3) is 0.556. The molecule has 0 aliphatic heterocycles. The highest BCUT2D eigenvalue weighted by Crippen LogP contribution is 2.21. The van der Waals surface area contributed by atoms with Crippen LogP contribution in [0, 0.1) is 0 Å². The summed E-state index contributed by atoms with van der Waals surface area (Å²) in [4.78, 5) is 14.8. The van der Waals surface area contributed by atoms with E-state index >= 15 is 0 Å². The molecule has 3 atom stereocenters. The number of thiazole rings is 1. The summed E-state index contributed by atoms with van der Waals surface area (Å²) in [5, 5.41) is 38.4. The number of carbonyl (C=O) groups is 1. The van der Waals surface area contributed by atoms with E-state index in [0.717, 1.165) is 11.3 Å². The first-order valence-corrected chi connectivity index (χ1v) is 5.46. The summed E-state index contributed by atoms with van der Waals surface area (Å²) in [6.45, 7) is 0.677. The molecule has 0 fully saturated rings. The van der Waals surface area contributed by atoms with E-state index in [1.807, 2.05) is 0 Å². The van der Waals surface area contributed by atoms with Crippen molar-refractivity contribution in [1.29, 1.82) is 0 Å². The highest BCUT2D eigenvalue weighted by atomic mass is 32.1. The Balaban J connectivity index is 2.79. The summed E-state index contributed by atoms with van der Waals surface area (Å²) in [7, 11) is 0. The summed E-state index contributed by atoms with van der Waals surface area (Å²) in [5.74, 6) is -0.236. The number of nitrogens with zero attached hydrogens (tertiary/aromatic N) is 1. The van der Waals surface area contributed by atoms with Crippen LogP contribution in [-0.2, 0) is 0 Å². The Morgan fingerprint density at radius 1 is 1.50 bits per heavy atom. The first kappa shape index (κ1) is 13.2. The molecular formula is C9H13NO5S. The molecule has 0 aliphatic rings. The van der Waals surface area contributed by atoms with Crippen LogP contribution in [-0.4, -0.2) is 50.0 Å². The van der Waals surface area contributed by atoms with E-state index in [1.165, 1.54) is 12.3 Å². The van der Waals surface area contributed by atoms with Gasteiger partial charge in [0.05, 0.1) is 12.3 Å². The van der Waals surface area contributed by atoms with E-state index in [2.05, 4.69) is 4.98 Å². The normalized spacial score (nSPS) is 16.8. The van der Waals surface area contributed by atoms with Crippen molar-refractivity contribution in [2.24, 2.45) is 0 Å². The zero-order valence-electron chi connectivity index (χ0n) is 8.57. The van der Waals surface area contributed by atoms with Gasteiger partial charge >= 0.3 is 0 Å². The zero-order valence-corrected chi connectivity index (χ0v) is 9.39. The van der Waals surface area contributed by atoms with E-state index in [-0.39, 0.29) is 16.5 Å². The fourth-order valence-corrected chi connectivity index (χ4v) is 1.83. The van der Waals surface area contributed by atoms with Gasteiger partial charge in [-0.3, -0.25) is 4.79 Å². The van der Waals surface area contributed by atoms with Crippen molar-refractivity contribution in [2.75, 3.05) is 6.61 Å². The molecule has 1 aromatic heterocycles. The zero-order chi connectivity index (χ0) is 12.3. The van der Waals surface area contributed by atoms with E-state index < -0.39 is 24.9 Å². The molecule has 7 heteroatoms. The molecule has 0 amide bonds. The molecule has 0 aromatic carbocycles. The number of aliphatic hydroxyl groups is 4. The summed E-state index contributed by atoms with van der Waals surface area (Å²) in [6, 6.07) is 0. The Bertz CT molecular complexity index is 367. The highest BCUT2D eigenvalue weighted by molar-refractivity contribution is 7.11. The van der Waals surface area contributed by atoms with Crippen molar-refractivity contribution in [3.05, 3.63) is 16.1 Å². The molecule has 0 bridgehead atoms. The van der Waals surface area contributed by atoms with Gasteiger partial charge in [-0.25, -0.2) is 4.98 Å². The number of aromatic nitrogens is 1. The van der Waals surface area contributed by atoms with Gasteiger partial charge in [0.1, 0.15) is 18.3 Å². The fourth-order valence-electron chi connectivity index (χ4n) is 1.08. The Morgan fingerprint density at radius 2 is 2.12 bits per heavy atom. The number of rotatable bonds is 5. The molecule has 1 rings (SSSR count). The Labute approximate surface area is 95.8 Å². The maximum Gasteiger partial charge on any atom is 0.188 e. The molecule has 6 nitrogen and oxygen atoms in total. The van der Waals surface area contributed by atoms with Crippen LogP contribution in [0.15, 0.2) is 5.38 Å². The third kappa shape index (κ3) is 2.83. The molecule has 90 valence electrons. The van der Waals surface area contributed by atoms with Crippen LogP contribution in [0.1, 0.15) is 28.5 Å².